The van der Waals surface area contributed by atoms with Crippen molar-refractivity contribution in [1.82, 2.24) is 10.2 Å². The summed E-state index contributed by atoms with van der Waals surface area (Å²) in [6.45, 7) is 7.84. The Morgan fingerprint density at radius 2 is 2.10 bits per heavy atom. The number of carboxylic acid groups (broad SMARTS) is 1. The molecule has 1 aliphatic heterocycles. The monoisotopic (exact) mass is 300 g/mol. The molecule has 6 nitrogen and oxygen atoms in total. The Balaban J connectivity index is 2.44. The Morgan fingerprint density at radius 1 is 1.43 bits per heavy atom. The minimum absolute atomic E-state index is 0.0195. The number of urea groups is 1. The molecule has 2 amide bonds. The molecular weight excluding hydrogens is 272 g/mol. The number of aliphatic carboxylic acids is 1. The smallest absolute Gasteiger partial charge is 0.317 e. The molecule has 0 aromatic carbocycles. The van der Waals surface area contributed by atoms with Gasteiger partial charge in [0.2, 0.25) is 0 Å². The van der Waals surface area contributed by atoms with Gasteiger partial charge in [-0.15, -0.1) is 0 Å². The molecule has 0 spiro atoms. The molecule has 21 heavy (non-hydrogen) atoms. The number of carbonyl (C=O) groups is 2. The second kappa shape index (κ2) is 7.64. The summed E-state index contributed by atoms with van der Waals surface area (Å²) in [5, 5.41) is 12.0. The number of piperidine rings is 1. The number of carbonyl (C=O) groups excluding carboxylic acids is 1. The first-order valence-electron chi connectivity index (χ1n) is 7.53. The first-order valence-corrected chi connectivity index (χ1v) is 7.53. The van der Waals surface area contributed by atoms with Gasteiger partial charge in [0.05, 0.1) is 5.92 Å². The first-order chi connectivity index (χ1) is 9.76. The predicted molar refractivity (Wildman–Crippen MR) is 80.2 cm³/mol. The second-order valence-corrected chi connectivity index (χ2v) is 6.67. The van der Waals surface area contributed by atoms with Crippen LogP contribution < -0.4 is 5.32 Å². The van der Waals surface area contributed by atoms with Crippen molar-refractivity contribution in [3.8, 4) is 0 Å². The lowest BCUT2D eigenvalue weighted by molar-refractivity contribution is -0.143. The van der Waals surface area contributed by atoms with Crippen molar-refractivity contribution in [1.29, 1.82) is 0 Å². The van der Waals surface area contributed by atoms with Crippen LogP contribution in [0.25, 0.3) is 0 Å². The molecule has 1 heterocycles. The van der Waals surface area contributed by atoms with Crippen molar-refractivity contribution in [3.05, 3.63) is 0 Å². The molecule has 0 bridgehead atoms. The molecule has 0 aromatic heterocycles. The summed E-state index contributed by atoms with van der Waals surface area (Å²) >= 11 is 0. The van der Waals surface area contributed by atoms with Gasteiger partial charge < -0.3 is 20.1 Å². The van der Waals surface area contributed by atoms with Crippen molar-refractivity contribution in [2.24, 2.45) is 11.3 Å². The van der Waals surface area contributed by atoms with Gasteiger partial charge in [0, 0.05) is 32.8 Å². The fourth-order valence-electron chi connectivity index (χ4n) is 2.58. The molecule has 2 unspecified atom stereocenters. The van der Waals surface area contributed by atoms with Crippen LogP contribution in [0.4, 0.5) is 4.79 Å². The van der Waals surface area contributed by atoms with Gasteiger partial charge in [-0.05, 0) is 31.6 Å². The van der Waals surface area contributed by atoms with E-state index in [1.165, 1.54) is 0 Å². The highest BCUT2D eigenvalue weighted by molar-refractivity contribution is 5.75. The molecular formula is C15H28N2O4. The molecule has 1 aliphatic rings. The number of amides is 2. The van der Waals surface area contributed by atoms with Crippen LogP contribution in [-0.2, 0) is 9.53 Å². The zero-order chi connectivity index (χ0) is 16.0. The predicted octanol–water partition coefficient (Wildman–Crippen LogP) is 1.94. The van der Waals surface area contributed by atoms with Crippen LogP contribution in [0.1, 0.15) is 40.0 Å². The van der Waals surface area contributed by atoms with Crippen molar-refractivity contribution < 1.29 is 19.4 Å². The standard InChI is InChI=1S/C15H28N2O4/c1-11-9-12(13(18)19)5-7-17(11)14(20)16-10-15(2,3)6-8-21-4/h11-12H,5-10H2,1-4H3,(H,16,20)(H,18,19). The molecule has 0 radical (unpaired) electrons. The first kappa shape index (κ1) is 17.8. The van der Waals surface area contributed by atoms with Gasteiger partial charge in [0.15, 0.2) is 0 Å². The number of hydrogen-bond donors (Lipinski definition) is 2. The fourth-order valence-corrected chi connectivity index (χ4v) is 2.58. The summed E-state index contributed by atoms with van der Waals surface area (Å²) in [5.74, 6) is -1.09. The van der Waals surface area contributed by atoms with Crippen LogP contribution in [-0.4, -0.2) is 54.9 Å². The molecule has 0 aliphatic carbocycles. The quantitative estimate of drug-likeness (QED) is 0.786. The van der Waals surface area contributed by atoms with E-state index in [9.17, 15) is 9.59 Å². The van der Waals surface area contributed by atoms with E-state index in [1.54, 1.807) is 12.0 Å². The van der Waals surface area contributed by atoms with Crippen molar-refractivity contribution in [2.45, 2.75) is 46.1 Å². The molecule has 1 fully saturated rings. The maximum Gasteiger partial charge on any atom is 0.317 e. The zero-order valence-corrected chi connectivity index (χ0v) is 13.5. The topological polar surface area (TPSA) is 78.9 Å². The second-order valence-electron chi connectivity index (χ2n) is 6.67. The van der Waals surface area contributed by atoms with Crippen LogP contribution in [0.3, 0.4) is 0 Å². The Hall–Kier alpha value is -1.30. The third-order valence-corrected chi connectivity index (χ3v) is 4.19. The number of likely N-dealkylation sites (tertiary alicyclic amines) is 1. The average molecular weight is 300 g/mol. The van der Waals surface area contributed by atoms with E-state index in [0.717, 1.165) is 6.42 Å². The number of nitrogens with one attached hydrogen (secondary N) is 1. The number of carboxylic acids is 1. The van der Waals surface area contributed by atoms with Crippen molar-refractivity contribution in [3.63, 3.8) is 0 Å². The van der Waals surface area contributed by atoms with E-state index >= 15 is 0 Å². The summed E-state index contributed by atoms with van der Waals surface area (Å²) in [4.78, 5) is 25.0. The normalized spacial score (nSPS) is 23.0. The highest BCUT2D eigenvalue weighted by Gasteiger charge is 2.32. The number of rotatable bonds is 6. The Morgan fingerprint density at radius 3 is 2.62 bits per heavy atom. The van der Waals surface area contributed by atoms with Crippen LogP contribution in [0.5, 0.6) is 0 Å². The summed E-state index contributed by atoms with van der Waals surface area (Å²) in [7, 11) is 1.67. The number of hydrogen-bond acceptors (Lipinski definition) is 3. The van der Waals surface area contributed by atoms with Crippen LogP contribution in [0.15, 0.2) is 0 Å². The summed E-state index contributed by atoms with van der Waals surface area (Å²) < 4.78 is 5.07. The zero-order valence-electron chi connectivity index (χ0n) is 13.5. The maximum absolute atomic E-state index is 12.2. The van der Waals surface area contributed by atoms with E-state index in [1.807, 2.05) is 6.92 Å². The fraction of sp³-hybridized carbons (Fsp3) is 0.867. The third kappa shape index (κ3) is 5.53. The molecule has 122 valence electrons. The highest BCUT2D eigenvalue weighted by Crippen LogP contribution is 2.24. The minimum atomic E-state index is -0.761. The number of nitrogens with zero attached hydrogens (tertiary/aromatic N) is 1. The Labute approximate surface area is 126 Å². The van der Waals surface area contributed by atoms with E-state index in [0.29, 0.717) is 32.5 Å². The molecule has 1 rings (SSSR count). The lowest BCUT2D eigenvalue weighted by Crippen LogP contribution is -2.51. The average Bonchev–Trinajstić information content (AvgIpc) is 2.42. The molecule has 0 aromatic rings. The number of methoxy groups -OCH3 is 1. The number of ether oxygens (including phenoxy) is 1. The third-order valence-electron chi connectivity index (χ3n) is 4.19. The van der Waals surface area contributed by atoms with Gasteiger partial charge >= 0.3 is 12.0 Å². The molecule has 0 saturated carbocycles. The Bertz CT molecular complexity index is 371. The summed E-state index contributed by atoms with van der Waals surface area (Å²) in [6.07, 6.45) is 1.93. The van der Waals surface area contributed by atoms with E-state index < -0.39 is 5.97 Å². The highest BCUT2D eigenvalue weighted by atomic mass is 16.5. The van der Waals surface area contributed by atoms with Crippen LogP contribution in [0.2, 0.25) is 0 Å². The van der Waals surface area contributed by atoms with Gasteiger partial charge in [-0.3, -0.25) is 4.79 Å². The van der Waals surface area contributed by atoms with Gasteiger partial charge in [0.1, 0.15) is 0 Å². The minimum Gasteiger partial charge on any atom is -0.481 e. The largest absolute Gasteiger partial charge is 0.481 e. The molecule has 2 atom stereocenters. The molecule has 2 N–H and O–H groups in total. The summed E-state index contributed by atoms with van der Waals surface area (Å²) in [5.41, 5.74) is -0.0195. The lowest BCUT2D eigenvalue weighted by atomic mass is 9.89. The van der Waals surface area contributed by atoms with Crippen molar-refractivity contribution in [2.75, 3.05) is 26.8 Å². The molecule has 6 heteroatoms. The van der Waals surface area contributed by atoms with E-state index in [2.05, 4.69) is 19.2 Å². The van der Waals surface area contributed by atoms with E-state index in [-0.39, 0.29) is 23.4 Å². The SMILES string of the molecule is COCCC(C)(C)CNC(=O)N1CCC(C(=O)O)CC1C. The van der Waals surface area contributed by atoms with Crippen LogP contribution in [0, 0.1) is 11.3 Å². The molecule has 1 saturated heterocycles. The van der Waals surface area contributed by atoms with E-state index in [4.69, 9.17) is 9.84 Å². The van der Waals surface area contributed by atoms with Crippen molar-refractivity contribution >= 4 is 12.0 Å². The maximum atomic E-state index is 12.2. The van der Waals surface area contributed by atoms with Gasteiger partial charge in [-0.25, -0.2) is 4.79 Å². The van der Waals surface area contributed by atoms with Gasteiger partial charge in [0.25, 0.3) is 0 Å². The summed E-state index contributed by atoms with van der Waals surface area (Å²) in [6, 6.07) is -0.140. The lowest BCUT2D eigenvalue weighted by Gasteiger charge is -2.37. The Kier molecular flexibility index (Phi) is 6.45. The van der Waals surface area contributed by atoms with Gasteiger partial charge in [-0.1, -0.05) is 13.8 Å². The van der Waals surface area contributed by atoms with Crippen LogP contribution >= 0.6 is 0 Å². The van der Waals surface area contributed by atoms with Gasteiger partial charge in [-0.2, -0.15) is 0 Å².